The number of fused-ring (bicyclic) bond motifs is 1. The Labute approximate surface area is 168 Å². The van der Waals surface area contributed by atoms with E-state index < -0.39 is 0 Å². The smallest absolute Gasteiger partial charge is 0.246 e. The Morgan fingerprint density at radius 3 is 3.10 bits per heavy atom. The molecule has 7 heteroatoms. The van der Waals surface area contributed by atoms with Crippen LogP contribution in [0.5, 0.6) is 5.75 Å². The summed E-state index contributed by atoms with van der Waals surface area (Å²) in [4.78, 5) is 25.5. The molecular formula is C22H21N5O2. The highest BCUT2D eigenvalue weighted by molar-refractivity contribution is 5.89. The molecule has 4 rings (SSSR count). The number of ether oxygens (including phenoxy) is 1. The number of aromatic amines is 1. The lowest BCUT2D eigenvalue weighted by Gasteiger charge is -2.15. The Kier molecular flexibility index (Phi) is 5.16. The third kappa shape index (κ3) is 4.06. The maximum Gasteiger partial charge on any atom is 0.246 e. The number of carbonyl (C=O) groups is 1. The van der Waals surface area contributed by atoms with Crippen LogP contribution in [0.25, 0.3) is 11.0 Å². The first-order valence-electron chi connectivity index (χ1n) is 9.34. The summed E-state index contributed by atoms with van der Waals surface area (Å²) in [6.45, 7) is 4.89. The van der Waals surface area contributed by atoms with E-state index in [-0.39, 0.29) is 11.9 Å². The maximum absolute atomic E-state index is 11.8. The number of anilines is 1. The molecule has 0 aliphatic carbocycles. The zero-order valence-electron chi connectivity index (χ0n) is 16.1. The summed E-state index contributed by atoms with van der Waals surface area (Å²) in [7, 11) is 1.63. The molecule has 1 atom stereocenters. The number of H-pyrrole nitrogens is 1. The average molecular weight is 387 g/mol. The topological polar surface area (TPSA) is 83.1 Å². The van der Waals surface area contributed by atoms with Gasteiger partial charge in [0, 0.05) is 24.7 Å². The van der Waals surface area contributed by atoms with E-state index in [1.54, 1.807) is 12.0 Å². The van der Waals surface area contributed by atoms with Gasteiger partial charge in [0.25, 0.3) is 0 Å². The number of rotatable bonds is 4. The Morgan fingerprint density at radius 1 is 1.38 bits per heavy atom. The van der Waals surface area contributed by atoms with Crippen LogP contribution in [0, 0.1) is 11.8 Å². The molecule has 0 saturated carbocycles. The largest absolute Gasteiger partial charge is 0.497 e. The second-order valence-electron chi connectivity index (χ2n) is 6.77. The van der Waals surface area contributed by atoms with E-state index in [4.69, 9.17) is 4.74 Å². The molecule has 146 valence electrons. The summed E-state index contributed by atoms with van der Waals surface area (Å²) in [6, 6.07) is 9.68. The van der Waals surface area contributed by atoms with Crippen LogP contribution in [0.4, 0.5) is 5.82 Å². The molecule has 3 aromatic rings. The number of benzene rings is 1. The molecule has 1 saturated heterocycles. The minimum Gasteiger partial charge on any atom is -0.497 e. The first-order valence-corrected chi connectivity index (χ1v) is 9.34. The molecule has 1 aliphatic rings. The lowest BCUT2D eigenvalue weighted by Crippen LogP contribution is -2.30. The summed E-state index contributed by atoms with van der Waals surface area (Å²) in [5.74, 6) is 7.72. The summed E-state index contributed by atoms with van der Waals surface area (Å²) in [5, 5.41) is 4.30. The molecule has 0 unspecified atom stereocenters. The number of methoxy groups -OCH3 is 1. The van der Waals surface area contributed by atoms with Gasteiger partial charge in [0.05, 0.1) is 18.2 Å². The Hall–Kier alpha value is -3.79. The molecule has 1 fully saturated rings. The minimum atomic E-state index is -0.0427. The van der Waals surface area contributed by atoms with Crippen LogP contribution < -0.4 is 10.1 Å². The van der Waals surface area contributed by atoms with Gasteiger partial charge in [-0.05, 0) is 42.7 Å². The van der Waals surface area contributed by atoms with Gasteiger partial charge in [0.2, 0.25) is 5.91 Å². The van der Waals surface area contributed by atoms with E-state index in [1.807, 2.05) is 30.3 Å². The third-order valence-electron chi connectivity index (χ3n) is 4.85. The van der Waals surface area contributed by atoms with Crippen molar-refractivity contribution < 1.29 is 9.53 Å². The van der Waals surface area contributed by atoms with Crippen molar-refractivity contribution in [3.05, 3.63) is 60.6 Å². The fourth-order valence-corrected chi connectivity index (χ4v) is 3.36. The molecule has 0 spiro atoms. The molecule has 7 nitrogen and oxygen atoms in total. The van der Waals surface area contributed by atoms with Crippen LogP contribution in [0.1, 0.15) is 17.7 Å². The van der Waals surface area contributed by atoms with E-state index in [1.165, 1.54) is 12.4 Å². The van der Waals surface area contributed by atoms with Gasteiger partial charge < -0.3 is 19.9 Å². The third-order valence-corrected chi connectivity index (χ3v) is 4.85. The highest BCUT2D eigenvalue weighted by atomic mass is 16.5. The van der Waals surface area contributed by atoms with Crippen LogP contribution in [0.2, 0.25) is 0 Å². The number of nitrogens with zero attached hydrogens (tertiary/aromatic N) is 3. The minimum absolute atomic E-state index is 0.0427. The molecule has 0 radical (unpaired) electrons. The van der Waals surface area contributed by atoms with Crippen LogP contribution in [0.3, 0.4) is 0 Å². The van der Waals surface area contributed by atoms with Gasteiger partial charge in [-0.3, -0.25) is 4.79 Å². The van der Waals surface area contributed by atoms with Gasteiger partial charge >= 0.3 is 0 Å². The maximum atomic E-state index is 11.8. The van der Waals surface area contributed by atoms with Crippen molar-refractivity contribution in [2.45, 2.75) is 12.5 Å². The molecule has 0 bridgehead atoms. The highest BCUT2D eigenvalue weighted by Gasteiger charge is 2.25. The van der Waals surface area contributed by atoms with Gasteiger partial charge in [-0.25, -0.2) is 9.97 Å². The van der Waals surface area contributed by atoms with Crippen molar-refractivity contribution in [1.29, 1.82) is 0 Å². The number of likely N-dealkylation sites (tertiary alicyclic amines) is 1. The second kappa shape index (κ2) is 8.07. The van der Waals surface area contributed by atoms with E-state index in [9.17, 15) is 4.79 Å². The van der Waals surface area contributed by atoms with Crippen LogP contribution in [-0.2, 0) is 4.79 Å². The predicted octanol–water partition coefficient (Wildman–Crippen LogP) is 2.57. The quantitative estimate of drug-likeness (QED) is 0.531. The fraction of sp³-hybridized carbons (Fsp3) is 0.227. The summed E-state index contributed by atoms with van der Waals surface area (Å²) in [5.41, 5.74) is 2.33. The molecule has 1 aliphatic heterocycles. The average Bonchev–Trinajstić information content (AvgIpc) is 3.39. The summed E-state index contributed by atoms with van der Waals surface area (Å²) in [6.07, 6.45) is 3.73. The van der Waals surface area contributed by atoms with Crippen molar-refractivity contribution >= 4 is 22.8 Å². The van der Waals surface area contributed by atoms with Crippen molar-refractivity contribution in [2.75, 3.05) is 25.5 Å². The number of amides is 1. The van der Waals surface area contributed by atoms with Crippen molar-refractivity contribution in [2.24, 2.45) is 0 Å². The molecule has 29 heavy (non-hydrogen) atoms. The predicted molar refractivity (Wildman–Crippen MR) is 112 cm³/mol. The standard InChI is InChI=1S/C22H21N5O2/c1-3-20(28)27-10-9-17(13-27)26-22-19-12-16(25-21(19)23-14-24-22)8-7-15-5-4-6-18(11-15)29-2/h3-6,11-12,14,17H,1,9-10,13H2,2H3,(H2,23,24,25,26)/t17-/m1/s1. The Morgan fingerprint density at radius 2 is 2.28 bits per heavy atom. The molecule has 2 N–H and O–H groups in total. The molecule has 1 amide bonds. The summed E-state index contributed by atoms with van der Waals surface area (Å²) < 4.78 is 5.23. The highest BCUT2D eigenvalue weighted by Crippen LogP contribution is 2.23. The van der Waals surface area contributed by atoms with Gasteiger partial charge in [0.15, 0.2) is 0 Å². The number of nitrogens with one attached hydrogen (secondary N) is 2. The molecule has 2 aromatic heterocycles. The van der Waals surface area contributed by atoms with Crippen molar-refractivity contribution in [1.82, 2.24) is 19.9 Å². The van der Waals surface area contributed by atoms with Gasteiger partial charge in [-0.1, -0.05) is 18.6 Å². The summed E-state index contributed by atoms with van der Waals surface area (Å²) >= 11 is 0. The van der Waals surface area contributed by atoms with E-state index in [0.717, 1.165) is 40.3 Å². The molecule has 3 heterocycles. The molecular weight excluding hydrogens is 366 g/mol. The number of hydrogen-bond acceptors (Lipinski definition) is 5. The van der Waals surface area contributed by atoms with Crippen molar-refractivity contribution in [3.8, 4) is 17.6 Å². The van der Waals surface area contributed by atoms with E-state index in [0.29, 0.717) is 13.1 Å². The first-order chi connectivity index (χ1) is 14.2. The van der Waals surface area contributed by atoms with Crippen LogP contribution in [-0.4, -0.2) is 52.0 Å². The SMILES string of the molecule is C=CC(=O)N1CC[C@@H](Nc2ncnc3[nH]c(C#Cc4cccc(OC)c4)cc23)C1. The van der Waals surface area contributed by atoms with Crippen LogP contribution >= 0.6 is 0 Å². The number of hydrogen-bond donors (Lipinski definition) is 2. The fourth-order valence-electron chi connectivity index (χ4n) is 3.36. The van der Waals surface area contributed by atoms with Gasteiger partial charge in [0.1, 0.15) is 23.5 Å². The normalized spacial score (nSPS) is 15.6. The van der Waals surface area contributed by atoms with Crippen molar-refractivity contribution in [3.63, 3.8) is 0 Å². The monoisotopic (exact) mass is 387 g/mol. The van der Waals surface area contributed by atoms with E-state index in [2.05, 4.69) is 38.7 Å². The van der Waals surface area contributed by atoms with Gasteiger partial charge in [-0.15, -0.1) is 0 Å². The number of carbonyl (C=O) groups excluding carboxylic acids is 1. The zero-order chi connectivity index (χ0) is 20.2. The lowest BCUT2D eigenvalue weighted by atomic mass is 10.2. The zero-order valence-corrected chi connectivity index (χ0v) is 16.1. The van der Waals surface area contributed by atoms with Gasteiger partial charge in [-0.2, -0.15) is 0 Å². The Bertz CT molecular complexity index is 1120. The molecule has 1 aromatic carbocycles. The Balaban J connectivity index is 1.54. The first kappa shape index (κ1) is 18.6. The number of aromatic nitrogens is 3. The lowest BCUT2D eigenvalue weighted by molar-refractivity contribution is -0.125. The second-order valence-corrected chi connectivity index (χ2v) is 6.77. The van der Waals surface area contributed by atoms with Crippen LogP contribution in [0.15, 0.2) is 49.3 Å². The van der Waals surface area contributed by atoms with E-state index >= 15 is 0 Å².